The number of rotatable bonds is 5. The molecule has 21 heavy (non-hydrogen) atoms. The van der Waals surface area contributed by atoms with Crippen LogP contribution in [0.5, 0.6) is 0 Å². The number of nitrogens with zero attached hydrogens (tertiary/aromatic N) is 1. The fourth-order valence-electron chi connectivity index (χ4n) is 2.25. The van der Waals surface area contributed by atoms with Gasteiger partial charge in [-0.25, -0.2) is 4.98 Å². The lowest BCUT2D eigenvalue weighted by atomic mass is 10.0. The molecule has 1 aromatic heterocycles. The standard InChI is InChI=1S/C16H17Cl3N2/c1-3-4-13(11-5-7-12(17)8-6-11)20-15-10(2)9-14(18)21-16(15)19/h5-9,13,20H,3-4H2,1-2H3. The molecule has 1 N–H and O–H groups in total. The van der Waals surface area contributed by atoms with E-state index in [0.29, 0.717) is 10.3 Å². The molecule has 1 aromatic carbocycles. The molecule has 1 heterocycles. The van der Waals surface area contributed by atoms with Gasteiger partial charge in [0.05, 0.1) is 11.7 Å². The largest absolute Gasteiger partial charge is 0.376 e. The summed E-state index contributed by atoms with van der Waals surface area (Å²) >= 11 is 18.1. The Labute approximate surface area is 140 Å². The van der Waals surface area contributed by atoms with E-state index in [0.717, 1.165) is 29.1 Å². The lowest BCUT2D eigenvalue weighted by Crippen LogP contribution is -2.12. The summed E-state index contributed by atoms with van der Waals surface area (Å²) in [6.45, 7) is 4.12. The van der Waals surface area contributed by atoms with Crippen LogP contribution in [0.25, 0.3) is 0 Å². The van der Waals surface area contributed by atoms with Crippen LogP contribution in [0.3, 0.4) is 0 Å². The van der Waals surface area contributed by atoms with Crippen molar-refractivity contribution in [2.45, 2.75) is 32.7 Å². The summed E-state index contributed by atoms with van der Waals surface area (Å²) in [5.74, 6) is 0. The van der Waals surface area contributed by atoms with Gasteiger partial charge in [0.1, 0.15) is 5.15 Å². The smallest absolute Gasteiger partial charge is 0.154 e. The third-order valence-corrected chi connectivity index (χ3v) is 4.03. The third kappa shape index (κ3) is 4.26. The number of hydrogen-bond donors (Lipinski definition) is 1. The highest BCUT2D eigenvalue weighted by molar-refractivity contribution is 6.34. The van der Waals surface area contributed by atoms with Crippen LogP contribution in [-0.4, -0.2) is 4.98 Å². The molecule has 0 bridgehead atoms. The van der Waals surface area contributed by atoms with Crippen LogP contribution in [-0.2, 0) is 0 Å². The van der Waals surface area contributed by atoms with Gasteiger partial charge in [0, 0.05) is 5.02 Å². The molecular weight excluding hydrogens is 327 g/mol. The van der Waals surface area contributed by atoms with Crippen molar-refractivity contribution < 1.29 is 0 Å². The topological polar surface area (TPSA) is 24.9 Å². The summed E-state index contributed by atoms with van der Waals surface area (Å²) in [5.41, 5.74) is 2.98. The summed E-state index contributed by atoms with van der Waals surface area (Å²) < 4.78 is 0. The Hall–Kier alpha value is -0.960. The number of hydrogen-bond acceptors (Lipinski definition) is 2. The third-order valence-electron chi connectivity index (χ3n) is 3.31. The van der Waals surface area contributed by atoms with Crippen LogP contribution in [0.15, 0.2) is 30.3 Å². The molecule has 2 rings (SSSR count). The van der Waals surface area contributed by atoms with Gasteiger partial charge in [-0.1, -0.05) is 60.3 Å². The molecule has 0 saturated carbocycles. The molecule has 0 radical (unpaired) electrons. The van der Waals surface area contributed by atoms with Gasteiger partial charge >= 0.3 is 0 Å². The van der Waals surface area contributed by atoms with Crippen LogP contribution in [0.1, 0.15) is 36.9 Å². The van der Waals surface area contributed by atoms with Gasteiger partial charge in [-0.2, -0.15) is 0 Å². The lowest BCUT2D eigenvalue weighted by molar-refractivity contribution is 0.676. The first kappa shape index (κ1) is 16.4. The molecule has 0 saturated heterocycles. The summed E-state index contributed by atoms with van der Waals surface area (Å²) in [6, 6.07) is 9.82. The summed E-state index contributed by atoms with van der Waals surface area (Å²) in [6.07, 6.45) is 2.04. The van der Waals surface area contributed by atoms with Crippen molar-refractivity contribution in [3.8, 4) is 0 Å². The number of aromatic nitrogens is 1. The Morgan fingerprint density at radius 3 is 2.38 bits per heavy atom. The summed E-state index contributed by atoms with van der Waals surface area (Å²) in [5, 5.41) is 5.02. The molecule has 0 aliphatic rings. The maximum atomic E-state index is 6.21. The molecule has 1 atom stereocenters. The van der Waals surface area contributed by atoms with Gasteiger partial charge in [-0.05, 0) is 42.7 Å². The van der Waals surface area contributed by atoms with Gasteiger partial charge < -0.3 is 5.32 Å². The summed E-state index contributed by atoms with van der Waals surface area (Å²) in [7, 11) is 0. The van der Waals surface area contributed by atoms with Crippen molar-refractivity contribution in [2.24, 2.45) is 0 Å². The average Bonchev–Trinajstić information content (AvgIpc) is 2.42. The van der Waals surface area contributed by atoms with E-state index >= 15 is 0 Å². The first-order valence-corrected chi connectivity index (χ1v) is 7.99. The molecular formula is C16H17Cl3N2. The van der Waals surface area contributed by atoms with Crippen LogP contribution in [0.4, 0.5) is 5.69 Å². The van der Waals surface area contributed by atoms with Crippen molar-refractivity contribution in [2.75, 3.05) is 5.32 Å². The molecule has 0 spiro atoms. The molecule has 5 heteroatoms. The fourth-order valence-corrected chi connectivity index (χ4v) is 2.96. The second kappa shape index (κ2) is 7.35. The van der Waals surface area contributed by atoms with Crippen molar-refractivity contribution in [1.29, 1.82) is 0 Å². The van der Waals surface area contributed by atoms with Gasteiger partial charge in [-0.15, -0.1) is 0 Å². The number of halogens is 3. The van der Waals surface area contributed by atoms with Crippen LogP contribution in [0.2, 0.25) is 15.3 Å². The highest BCUT2D eigenvalue weighted by Crippen LogP contribution is 2.32. The Kier molecular flexibility index (Phi) is 5.74. The van der Waals surface area contributed by atoms with E-state index in [4.69, 9.17) is 34.8 Å². The second-order valence-electron chi connectivity index (χ2n) is 4.96. The van der Waals surface area contributed by atoms with E-state index in [1.807, 2.05) is 31.2 Å². The van der Waals surface area contributed by atoms with Crippen LogP contribution in [0, 0.1) is 6.92 Å². The van der Waals surface area contributed by atoms with Crippen molar-refractivity contribution in [3.63, 3.8) is 0 Å². The highest BCUT2D eigenvalue weighted by Gasteiger charge is 2.15. The first-order chi connectivity index (χ1) is 10.0. The van der Waals surface area contributed by atoms with Crippen LogP contribution >= 0.6 is 34.8 Å². The zero-order chi connectivity index (χ0) is 15.4. The minimum absolute atomic E-state index is 0.159. The molecule has 2 aromatic rings. The van der Waals surface area contributed by atoms with Crippen molar-refractivity contribution in [3.05, 3.63) is 56.8 Å². The highest BCUT2D eigenvalue weighted by atomic mass is 35.5. The lowest BCUT2D eigenvalue weighted by Gasteiger charge is -2.22. The molecule has 0 fully saturated rings. The Morgan fingerprint density at radius 2 is 1.81 bits per heavy atom. The predicted octanol–water partition coefficient (Wildman–Crippen LogP) is 6.30. The molecule has 0 aliphatic heterocycles. The van der Waals surface area contributed by atoms with E-state index in [-0.39, 0.29) is 6.04 Å². The maximum absolute atomic E-state index is 6.21. The molecule has 0 aliphatic carbocycles. The van der Waals surface area contributed by atoms with Gasteiger partial charge in [-0.3, -0.25) is 0 Å². The van der Waals surface area contributed by atoms with Crippen LogP contribution < -0.4 is 5.32 Å². The van der Waals surface area contributed by atoms with E-state index in [2.05, 4.69) is 17.2 Å². The molecule has 112 valence electrons. The van der Waals surface area contributed by atoms with E-state index in [1.165, 1.54) is 5.56 Å². The fraction of sp³-hybridized carbons (Fsp3) is 0.312. The maximum Gasteiger partial charge on any atom is 0.154 e. The normalized spacial score (nSPS) is 12.2. The Morgan fingerprint density at radius 1 is 1.14 bits per heavy atom. The first-order valence-electron chi connectivity index (χ1n) is 6.86. The zero-order valence-electron chi connectivity index (χ0n) is 12.0. The molecule has 1 unspecified atom stereocenters. The minimum Gasteiger partial charge on any atom is -0.376 e. The Balaban J connectivity index is 2.30. The van der Waals surface area contributed by atoms with Gasteiger partial charge in [0.25, 0.3) is 0 Å². The van der Waals surface area contributed by atoms with E-state index in [1.54, 1.807) is 6.07 Å². The molecule has 0 amide bonds. The molecule has 2 nitrogen and oxygen atoms in total. The van der Waals surface area contributed by atoms with Crippen molar-refractivity contribution in [1.82, 2.24) is 4.98 Å². The number of nitrogens with one attached hydrogen (secondary N) is 1. The summed E-state index contributed by atoms with van der Waals surface area (Å²) in [4.78, 5) is 4.10. The number of pyridine rings is 1. The minimum atomic E-state index is 0.159. The Bertz CT molecular complexity index is 588. The number of aryl methyl sites for hydroxylation is 1. The van der Waals surface area contributed by atoms with Gasteiger partial charge in [0.2, 0.25) is 0 Å². The average molecular weight is 344 g/mol. The SMILES string of the molecule is CCCC(Nc1c(C)cc(Cl)nc1Cl)c1ccc(Cl)cc1. The van der Waals surface area contributed by atoms with E-state index < -0.39 is 0 Å². The second-order valence-corrected chi connectivity index (χ2v) is 6.15. The predicted molar refractivity (Wildman–Crippen MR) is 91.7 cm³/mol. The van der Waals surface area contributed by atoms with E-state index in [9.17, 15) is 0 Å². The quantitative estimate of drug-likeness (QED) is 0.644. The van der Waals surface area contributed by atoms with Gasteiger partial charge in [0.15, 0.2) is 5.15 Å². The zero-order valence-corrected chi connectivity index (χ0v) is 14.2. The number of benzene rings is 1. The van der Waals surface area contributed by atoms with Crippen molar-refractivity contribution >= 4 is 40.5 Å². The monoisotopic (exact) mass is 342 g/mol. The number of anilines is 1.